The topological polar surface area (TPSA) is 100 Å². The molecule has 0 saturated carbocycles. The van der Waals surface area contributed by atoms with E-state index in [1.165, 1.54) is 25.3 Å². The van der Waals surface area contributed by atoms with Crippen molar-refractivity contribution >= 4 is 10.1 Å². The van der Waals surface area contributed by atoms with Crippen molar-refractivity contribution in [3.63, 3.8) is 0 Å². The van der Waals surface area contributed by atoms with Crippen LogP contribution in [-0.4, -0.2) is 15.5 Å². The molecule has 2 aromatic carbocycles. The Bertz CT molecular complexity index is 943. The van der Waals surface area contributed by atoms with Crippen molar-refractivity contribution in [2.24, 2.45) is 0 Å². The molecule has 116 valence electrons. The molecule has 0 heterocycles. The third-order valence-corrected chi connectivity index (χ3v) is 4.07. The van der Waals surface area contributed by atoms with Gasteiger partial charge in [0.15, 0.2) is 11.5 Å². The molecule has 23 heavy (non-hydrogen) atoms. The van der Waals surface area contributed by atoms with Crippen molar-refractivity contribution in [1.82, 2.24) is 0 Å². The van der Waals surface area contributed by atoms with Gasteiger partial charge in [0, 0.05) is 6.07 Å². The lowest BCUT2D eigenvalue weighted by Crippen LogP contribution is -2.11. The fourth-order valence-corrected chi connectivity index (χ4v) is 2.69. The maximum atomic E-state index is 13.3. The lowest BCUT2D eigenvalue weighted by atomic mass is 10.2. The number of nitriles is 2. The highest BCUT2D eigenvalue weighted by atomic mass is 32.2. The minimum absolute atomic E-state index is 0.0512. The van der Waals surface area contributed by atoms with E-state index in [0.29, 0.717) is 0 Å². The van der Waals surface area contributed by atoms with Gasteiger partial charge in [-0.05, 0) is 30.3 Å². The second-order valence-electron chi connectivity index (χ2n) is 4.27. The zero-order valence-corrected chi connectivity index (χ0v) is 12.6. The largest absolute Gasteiger partial charge is 0.493 e. The summed E-state index contributed by atoms with van der Waals surface area (Å²) in [4.78, 5) is -0.373. The predicted octanol–water partition coefficient (Wildman–Crippen LogP) is 2.35. The molecule has 0 atom stereocenters. The van der Waals surface area contributed by atoms with Crippen LogP contribution in [0.4, 0.5) is 4.39 Å². The first-order valence-corrected chi connectivity index (χ1v) is 7.54. The maximum absolute atomic E-state index is 13.3. The standard InChI is InChI=1S/C15H9FN2O4S/c1-21-15-6-10(8-17)2-5-14(15)22-23(19,20)12-3-4-13(16)11(7-12)9-18/h2-7H,1H3. The first-order valence-electron chi connectivity index (χ1n) is 6.13. The summed E-state index contributed by atoms with van der Waals surface area (Å²) in [5.74, 6) is -0.910. The number of methoxy groups -OCH3 is 1. The molecule has 0 aliphatic rings. The van der Waals surface area contributed by atoms with Crippen LogP contribution in [0.15, 0.2) is 41.3 Å². The molecule has 0 N–H and O–H groups in total. The van der Waals surface area contributed by atoms with E-state index in [0.717, 1.165) is 18.2 Å². The highest BCUT2D eigenvalue weighted by molar-refractivity contribution is 7.87. The van der Waals surface area contributed by atoms with Gasteiger partial charge in [-0.1, -0.05) is 0 Å². The molecule has 8 heteroatoms. The van der Waals surface area contributed by atoms with Crippen LogP contribution in [-0.2, 0) is 10.1 Å². The molecular formula is C15H9FN2O4S. The van der Waals surface area contributed by atoms with Crippen LogP contribution in [0, 0.1) is 28.5 Å². The fraction of sp³-hybridized carbons (Fsp3) is 0.0667. The number of rotatable bonds is 4. The first kappa shape index (κ1) is 16.3. The molecule has 0 fully saturated rings. The van der Waals surface area contributed by atoms with Gasteiger partial charge >= 0.3 is 10.1 Å². The Hall–Kier alpha value is -3.10. The average molecular weight is 332 g/mol. The van der Waals surface area contributed by atoms with Crippen molar-refractivity contribution < 1.29 is 21.7 Å². The molecule has 0 radical (unpaired) electrons. The number of hydrogen-bond donors (Lipinski definition) is 0. The molecule has 0 bridgehead atoms. The van der Waals surface area contributed by atoms with E-state index in [-0.39, 0.29) is 22.0 Å². The van der Waals surface area contributed by atoms with E-state index < -0.39 is 21.5 Å². The minimum atomic E-state index is -4.30. The number of ether oxygens (including phenoxy) is 1. The van der Waals surface area contributed by atoms with Crippen molar-refractivity contribution in [3.05, 3.63) is 53.3 Å². The van der Waals surface area contributed by atoms with Gasteiger partial charge in [-0.2, -0.15) is 18.9 Å². The van der Waals surface area contributed by atoms with E-state index in [9.17, 15) is 12.8 Å². The summed E-state index contributed by atoms with van der Waals surface area (Å²) in [6.07, 6.45) is 0. The molecule has 0 aliphatic carbocycles. The van der Waals surface area contributed by atoms with Crippen LogP contribution in [0.5, 0.6) is 11.5 Å². The summed E-state index contributed by atoms with van der Waals surface area (Å²) in [6.45, 7) is 0. The lowest BCUT2D eigenvalue weighted by Gasteiger charge is -2.11. The van der Waals surface area contributed by atoms with Crippen LogP contribution >= 0.6 is 0 Å². The summed E-state index contributed by atoms with van der Waals surface area (Å²) in [5, 5.41) is 17.6. The second-order valence-corrected chi connectivity index (χ2v) is 5.81. The molecule has 0 aromatic heterocycles. The molecule has 0 amide bonds. The predicted molar refractivity (Wildman–Crippen MR) is 76.6 cm³/mol. The minimum Gasteiger partial charge on any atom is -0.493 e. The van der Waals surface area contributed by atoms with Gasteiger partial charge in [0.2, 0.25) is 0 Å². The third kappa shape index (κ3) is 3.39. The zero-order valence-electron chi connectivity index (χ0n) is 11.8. The second kappa shape index (κ2) is 6.34. The molecule has 0 spiro atoms. The number of halogens is 1. The van der Waals surface area contributed by atoms with E-state index in [1.54, 1.807) is 6.07 Å². The van der Waals surface area contributed by atoms with E-state index in [2.05, 4.69) is 0 Å². The molecular weight excluding hydrogens is 323 g/mol. The van der Waals surface area contributed by atoms with Gasteiger partial charge in [-0.15, -0.1) is 0 Å². The number of hydrogen-bond acceptors (Lipinski definition) is 6. The fourth-order valence-electron chi connectivity index (χ4n) is 1.72. The van der Waals surface area contributed by atoms with E-state index in [1.807, 2.05) is 6.07 Å². The van der Waals surface area contributed by atoms with Gasteiger partial charge in [0.1, 0.15) is 16.8 Å². The summed E-state index contributed by atoms with van der Waals surface area (Å²) < 4.78 is 47.7. The van der Waals surface area contributed by atoms with Crippen LogP contribution in [0.1, 0.15) is 11.1 Å². The van der Waals surface area contributed by atoms with Crippen molar-refractivity contribution in [2.75, 3.05) is 7.11 Å². The number of nitrogens with zero attached hydrogens (tertiary/aromatic N) is 2. The van der Waals surface area contributed by atoms with Gasteiger partial charge in [-0.25, -0.2) is 4.39 Å². The summed E-state index contributed by atoms with van der Waals surface area (Å²) >= 11 is 0. The highest BCUT2D eigenvalue weighted by Crippen LogP contribution is 2.30. The Morgan fingerprint density at radius 2 is 1.78 bits per heavy atom. The van der Waals surface area contributed by atoms with E-state index >= 15 is 0 Å². The highest BCUT2D eigenvalue weighted by Gasteiger charge is 2.21. The van der Waals surface area contributed by atoms with Crippen LogP contribution in [0.25, 0.3) is 0 Å². The Kier molecular flexibility index (Phi) is 4.49. The summed E-state index contributed by atoms with van der Waals surface area (Å²) in [6, 6.07) is 10.1. The van der Waals surface area contributed by atoms with Crippen LogP contribution in [0.3, 0.4) is 0 Å². The Morgan fingerprint density at radius 3 is 2.39 bits per heavy atom. The van der Waals surface area contributed by atoms with Gasteiger partial charge < -0.3 is 8.92 Å². The van der Waals surface area contributed by atoms with Gasteiger partial charge in [0.05, 0.1) is 24.3 Å². The van der Waals surface area contributed by atoms with Crippen molar-refractivity contribution in [3.8, 4) is 23.6 Å². The Balaban J connectivity index is 2.43. The SMILES string of the molecule is COc1cc(C#N)ccc1OS(=O)(=O)c1ccc(F)c(C#N)c1. The monoisotopic (exact) mass is 332 g/mol. The molecule has 0 aliphatic heterocycles. The first-order chi connectivity index (χ1) is 10.9. The van der Waals surface area contributed by atoms with Crippen molar-refractivity contribution in [2.45, 2.75) is 4.90 Å². The molecule has 2 aromatic rings. The lowest BCUT2D eigenvalue weighted by molar-refractivity contribution is 0.390. The number of benzene rings is 2. The van der Waals surface area contributed by atoms with E-state index in [4.69, 9.17) is 19.4 Å². The van der Waals surface area contributed by atoms with Crippen LogP contribution in [0.2, 0.25) is 0 Å². The summed E-state index contributed by atoms with van der Waals surface area (Å²) in [5.41, 5.74) is -0.151. The molecule has 0 unspecified atom stereocenters. The Morgan fingerprint density at radius 1 is 1.04 bits per heavy atom. The average Bonchev–Trinajstić information content (AvgIpc) is 2.55. The molecule has 6 nitrogen and oxygen atoms in total. The van der Waals surface area contributed by atoms with Gasteiger partial charge in [-0.3, -0.25) is 0 Å². The molecule has 0 saturated heterocycles. The molecule has 2 rings (SSSR count). The summed E-state index contributed by atoms with van der Waals surface area (Å²) in [7, 11) is -3.00. The normalized spacial score (nSPS) is 10.4. The third-order valence-electron chi connectivity index (χ3n) is 2.84. The van der Waals surface area contributed by atoms with Crippen molar-refractivity contribution in [1.29, 1.82) is 10.5 Å². The maximum Gasteiger partial charge on any atom is 0.339 e. The Labute approximate surface area is 132 Å². The van der Waals surface area contributed by atoms with Crippen LogP contribution < -0.4 is 8.92 Å². The quantitative estimate of drug-likeness (QED) is 0.797. The van der Waals surface area contributed by atoms with Gasteiger partial charge in [0.25, 0.3) is 0 Å². The zero-order chi connectivity index (χ0) is 17.0. The smallest absolute Gasteiger partial charge is 0.339 e.